The van der Waals surface area contributed by atoms with Crippen molar-refractivity contribution < 1.29 is 13.2 Å². The standard InChI is InChI=1S/C12H20N2O3S.ClH/c1-17-12-6-4-5-11(9-12)10-18(15,16)14-8-3-2-7-13;/h4-6,9,14H,2-3,7-8,10,13H2,1H3;1H. The van der Waals surface area contributed by atoms with Crippen molar-refractivity contribution in [3.8, 4) is 5.75 Å². The van der Waals surface area contributed by atoms with Gasteiger partial charge in [0.15, 0.2) is 0 Å². The predicted octanol–water partition coefficient (Wildman–Crippen LogP) is 1.28. The van der Waals surface area contributed by atoms with Gasteiger partial charge in [-0.3, -0.25) is 0 Å². The summed E-state index contributed by atoms with van der Waals surface area (Å²) in [5, 5.41) is 0. The fourth-order valence-corrected chi connectivity index (χ4v) is 2.71. The average Bonchev–Trinajstić information content (AvgIpc) is 2.34. The minimum absolute atomic E-state index is 0. The largest absolute Gasteiger partial charge is 0.497 e. The molecule has 7 heteroatoms. The highest BCUT2D eigenvalue weighted by molar-refractivity contribution is 7.88. The van der Waals surface area contributed by atoms with Gasteiger partial charge >= 0.3 is 0 Å². The number of halogens is 1. The molecule has 1 aromatic rings. The maximum absolute atomic E-state index is 11.8. The molecule has 0 unspecified atom stereocenters. The predicted molar refractivity (Wildman–Crippen MR) is 79.2 cm³/mol. The molecule has 1 aromatic carbocycles. The second kappa shape index (κ2) is 9.14. The van der Waals surface area contributed by atoms with E-state index in [1.54, 1.807) is 31.4 Å². The van der Waals surface area contributed by atoms with Crippen molar-refractivity contribution in [1.82, 2.24) is 4.72 Å². The Morgan fingerprint density at radius 3 is 2.68 bits per heavy atom. The number of sulfonamides is 1. The van der Waals surface area contributed by atoms with Crippen molar-refractivity contribution >= 4 is 22.4 Å². The first-order valence-corrected chi connectivity index (χ1v) is 7.53. The zero-order chi connectivity index (χ0) is 13.4. The van der Waals surface area contributed by atoms with Gasteiger partial charge in [0.1, 0.15) is 5.75 Å². The van der Waals surface area contributed by atoms with E-state index in [0.717, 1.165) is 12.8 Å². The fraction of sp³-hybridized carbons (Fsp3) is 0.500. The highest BCUT2D eigenvalue weighted by Gasteiger charge is 2.11. The summed E-state index contributed by atoms with van der Waals surface area (Å²) >= 11 is 0. The SMILES string of the molecule is COc1cccc(CS(=O)(=O)NCCCCN)c1.Cl. The molecule has 0 heterocycles. The topological polar surface area (TPSA) is 81.4 Å². The Hall–Kier alpha value is -0.820. The number of ether oxygens (including phenoxy) is 1. The Morgan fingerprint density at radius 1 is 1.32 bits per heavy atom. The third kappa shape index (κ3) is 7.37. The summed E-state index contributed by atoms with van der Waals surface area (Å²) in [5.41, 5.74) is 6.05. The van der Waals surface area contributed by atoms with Crippen molar-refractivity contribution in [3.05, 3.63) is 29.8 Å². The van der Waals surface area contributed by atoms with E-state index in [2.05, 4.69) is 4.72 Å². The Bertz CT molecular complexity index is 466. The molecule has 3 N–H and O–H groups in total. The summed E-state index contributed by atoms with van der Waals surface area (Å²) in [5.74, 6) is 0.623. The number of nitrogens with one attached hydrogen (secondary N) is 1. The molecule has 0 aliphatic carbocycles. The molecule has 1 rings (SSSR count). The molecular weight excluding hydrogens is 288 g/mol. The van der Waals surface area contributed by atoms with Gasteiger partial charge in [-0.25, -0.2) is 13.1 Å². The summed E-state index contributed by atoms with van der Waals surface area (Å²) in [6, 6.07) is 7.05. The monoisotopic (exact) mass is 308 g/mol. The van der Waals surface area contributed by atoms with E-state index in [1.165, 1.54) is 0 Å². The zero-order valence-electron chi connectivity index (χ0n) is 11.0. The van der Waals surface area contributed by atoms with Gasteiger partial charge in [-0.1, -0.05) is 12.1 Å². The molecule has 0 bridgehead atoms. The van der Waals surface area contributed by atoms with E-state index >= 15 is 0 Å². The molecule has 0 radical (unpaired) electrons. The highest BCUT2D eigenvalue weighted by Crippen LogP contribution is 2.14. The maximum atomic E-state index is 11.8. The van der Waals surface area contributed by atoms with Crippen LogP contribution in [0.4, 0.5) is 0 Å². The van der Waals surface area contributed by atoms with Gasteiger partial charge in [0.05, 0.1) is 12.9 Å². The molecule has 0 aliphatic heterocycles. The second-order valence-electron chi connectivity index (χ2n) is 4.00. The molecule has 0 fully saturated rings. The third-order valence-corrected chi connectivity index (χ3v) is 3.80. The minimum atomic E-state index is -3.29. The van der Waals surface area contributed by atoms with E-state index < -0.39 is 10.0 Å². The lowest BCUT2D eigenvalue weighted by Crippen LogP contribution is -2.26. The van der Waals surface area contributed by atoms with Crippen LogP contribution in [-0.2, 0) is 15.8 Å². The van der Waals surface area contributed by atoms with Crippen LogP contribution in [0.1, 0.15) is 18.4 Å². The number of methoxy groups -OCH3 is 1. The zero-order valence-corrected chi connectivity index (χ0v) is 12.6. The number of rotatable bonds is 8. The number of benzene rings is 1. The lowest BCUT2D eigenvalue weighted by Gasteiger charge is -2.07. The molecule has 0 atom stereocenters. The van der Waals surface area contributed by atoms with Gasteiger partial charge in [0, 0.05) is 6.54 Å². The Balaban J connectivity index is 0.00000324. The number of nitrogens with two attached hydrogens (primary N) is 1. The fourth-order valence-electron chi connectivity index (χ4n) is 1.53. The summed E-state index contributed by atoms with van der Waals surface area (Å²) < 4.78 is 31.2. The summed E-state index contributed by atoms with van der Waals surface area (Å²) in [7, 11) is -1.73. The van der Waals surface area contributed by atoms with Crippen molar-refractivity contribution in [2.75, 3.05) is 20.2 Å². The van der Waals surface area contributed by atoms with Gasteiger partial charge < -0.3 is 10.5 Å². The first-order valence-electron chi connectivity index (χ1n) is 5.88. The lowest BCUT2D eigenvalue weighted by molar-refractivity contribution is 0.414. The van der Waals surface area contributed by atoms with Crippen LogP contribution in [0.5, 0.6) is 5.75 Å². The van der Waals surface area contributed by atoms with E-state index in [0.29, 0.717) is 24.4 Å². The number of hydrogen-bond donors (Lipinski definition) is 2. The molecule has 0 amide bonds. The first kappa shape index (κ1) is 18.2. The van der Waals surface area contributed by atoms with Gasteiger partial charge in [-0.2, -0.15) is 0 Å². The quantitative estimate of drug-likeness (QED) is 0.709. The average molecular weight is 309 g/mol. The molecule has 0 aromatic heterocycles. The normalized spacial score (nSPS) is 10.8. The molecule has 0 aliphatic rings. The minimum Gasteiger partial charge on any atom is -0.497 e. The molecule has 110 valence electrons. The molecule has 0 saturated carbocycles. The number of unbranched alkanes of at least 4 members (excludes halogenated alkanes) is 1. The van der Waals surface area contributed by atoms with Crippen LogP contribution in [0.15, 0.2) is 24.3 Å². The maximum Gasteiger partial charge on any atom is 0.215 e. The molecular formula is C12H21ClN2O3S. The van der Waals surface area contributed by atoms with Crippen LogP contribution in [0.3, 0.4) is 0 Å². The smallest absolute Gasteiger partial charge is 0.215 e. The molecule has 5 nitrogen and oxygen atoms in total. The second-order valence-corrected chi connectivity index (χ2v) is 5.81. The molecule has 0 saturated heterocycles. The third-order valence-electron chi connectivity index (χ3n) is 2.44. The van der Waals surface area contributed by atoms with Crippen LogP contribution < -0.4 is 15.2 Å². The molecule has 0 spiro atoms. The van der Waals surface area contributed by atoms with Gasteiger partial charge in [-0.05, 0) is 37.1 Å². The van der Waals surface area contributed by atoms with Gasteiger partial charge in [-0.15, -0.1) is 12.4 Å². The van der Waals surface area contributed by atoms with Crippen molar-refractivity contribution in [3.63, 3.8) is 0 Å². The van der Waals surface area contributed by atoms with E-state index in [4.69, 9.17) is 10.5 Å². The van der Waals surface area contributed by atoms with Crippen LogP contribution in [0.25, 0.3) is 0 Å². The Morgan fingerprint density at radius 2 is 2.05 bits per heavy atom. The van der Waals surface area contributed by atoms with Crippen LogP contribution in [-0.4, -0.2) is 28.6 Å². The summed E-state index contributed by atoms with van der Waals surface area (Å²) in [6.07, 6.45) is 1.58. The number of hydrogen-bond acceptors (Lipinski definition) is 4. The lowest BCUT2D eigenvalue weighted by atomic mass is 10.2. The van der Waals surface area contributed by atoms with Gasteiger partial charge in [0.2, 0.25) is 10.0 Å². The van der Waals surface area contributed by atoms with Crippen molar-refractivity contribution in [2.24, 2.45) is 5.73 Å². The van der Waals surface area contributed by atoms with E-state index in [1.807, 2.05) is 0 Å². The van der Waals surface area contributed by atoms with E-state index in [9.17, 15) is 8.42 Å². The van der Waals surface area contributed by atoms with E-state index in [-0.39, 0.29) is 18.2 Å². The van der Waals surface area contributed by atoms with Crippen LogP contribution in [0.2, 0.25) is 0 Å². The first-order chi connectivity index (χ1) is 8.57. The van der Waals surface area contributed by atoms with Gasteiger partial charge in [0.25, 0.3) is 0 Å². The highest BCUT2D eigenvalue weighted by atomic mass is 35.5. The van der Waals surface area contributed by atoms with Crippen molar-refractivity contribution in [1.29, 1.82) is 0 Å². The van der Waals surface area contributed by atoms with Crippen LogP contribution in [0, 0.1) is 0 Å². The Labute approximate surface area is 121 Å². The Kier molecular flexibility index (Phi) is 8.75. The molecule has 19 heavy (non-hydrogen) atoms. The summed E-state index contributed by atoms with van der Waals surface area (Å²) in [4.78, 5) is 0. The summed E-state index contributed by atoms with van der Waals surface area (Å²) in [6.45, 7) is 1.01. The van der Waals surface area contributed by atoms with Crippen LogP contribution >= 0.6 is 12.4 Å². The van der Waals surface area contributed by atoms with Crippen molar-refractivity contribution in [2.45, 2.75) is 18.6 Å².